The average Bonchev–Trinajstić information content (AvgIpc) is 2.75. The van der Waals surface area contributed by atoms with Crippen molar-refractivity contribution in [2.75, 3.05) is 0 Å². The van der Waals surface area contributed by atoms with E-state index >= 15 is 0 Å². The summed E-state index contributed by atoms with van der Waals surface area (Å²) >= 11 is 0. The molecule has 0 fully saturated rings. The molecule has 0 amide bonds. The highest BCUT2D eigenvalue weighted by molar-refractivity contribution is 5.85. The fraction of sp³-hybridized carbons (Fsp3) is 0.200. The second kappa shape index (κ2) is 16.5. The van der Waals surface area contributed by atoms with Gasteiger partial charge in [-0.15, -0.1) is 0 Å². The monoisotopic (exact) mass is 360 g/mol. The van der Waals surface area contributed by atoms with Crippen LogP contribution in [0.5, 0.6) is 0 Å². The smallest absolute Gasteiger partial charge is 0.0631 e. The first-order valence-electron chi connectivity index (χ1n) is 9.50. The van der Waals surface area contributed by atoms with E-state index < -0.39 is 0 Å². The van der Waals surface area contributed by atoms with Crippen molar-refractivity contribution in [1.82, 2.24) is 0 Å². The third-order valence-corrected chi connectivity index (χ3v) is 3.04. The number of rotatable bonds is 6. The fourth-order valence-electron chi connectivity index (χ4n) is 1.93. The summed E-state index contributed by atoms with van der Waals surface area (Å²) < 4.78 is 0. The molecule has 0 aliphatic rings. The van der Waals surface area contributed by atoms with E-state index in [1.54, 1.807) is 6.08 Å². The molecule has 142 valence electrons. The topological polar surface area (TPSA) is 24.7 Å². The maximum atomic E-state index is 4.46. The SMILES string of the molecule is C=C/C=C(C=Nc1ccc(N=Cc2ccccc2)cc1)\C=C/C.CC.CC. The molecular formula is C25H32N2. The lowest BCUT2D eigenvalue weighted by atomic mass is 10.2. The summed E-state index contributed by atoms with van der Waals surface area (Å²) in [6.07, 6.45) is 11.3. The lowest BCUT2D eigenvalue weighted by molar-refractivity contribution is 1.48. The standard InChI is InChI=1S/C21H20N2.2C2H6/c1-3-8-18(9-4-2)16-22-20-12-14-21(15-13-20)23-17-19-10-6-5-7-11-19;2*1-2/h3-17H,1H2,2H3;2*1-2H3/b9-4-,18-8+,22-16?,23-17?;;. The minimum atomic E-state index is 0.892. The van der Waals surface area contributed by atoms with Crippen LogP contribution in [0.3, 0.4) is 0 Å². The molecule has 2 rings (SSSR count). The zero-order chi connectivity index (χ0) is 20.3. The zero-order valence-electron chi connectivity index (χ0n) is 17.3. The second-order valence-electron chi connectivity index (χ2n) is 4.85. The van der Waals surface area contributed by atoms with Gasteiger partial charge in [-0.3, -0.25) is 9.98 Å². The van der Waals surface area contributed by atoms with Crippen molar-refractivity contribution >= 4 is 23.8 Å². The third-order valence-electron chi connectivity index (χ3n) is 3.04. The lowest BCUT2D eigenvalue weighted by Gasteiger charge is -1.97. The molecular weight excluding hydrogens is 328 g/mol. The van der Waals surface area contributed by atoms with Crippen LogP contribution in [0.4, 0.5) is 11.4 Å². The number of nitrogens with zero attached hydrogens (tertiary/aromatic N) is 2. The Morgan fingerprint density at radius 3 is 1.89 bits per heavy atom. The van der Waals surface area contributed by atoms with Crippen molar-refractivity contribution in [2.24, 2.45) is 9.98 Å². The van der Waals surface area contributed by atoms with Crippen LogP contribution < -0.4 is 0 Å². The lowest BCUT2D eigenvalue weighted by Crippen LogP contribution is -1.79. The molecule has 2 aromatic rings. The quantitative estimate of drug-likeness (QED) is 0.370. The number of benzene rings is 2. The molecule has 0 radical (unpaired) electrons. The average molecular weight is 361 g/mol. The van der Waals surface area contributed by atoms with Gasteiger partial charge in [0.05, 0.1) is 11.4 Å². The molecule has 0 N–H and O–H groups in total. The summed E-state index contributed by atoms with van der Waals surface area (Å²) in [7, 11) is 0. The van der Waals surface area contributed by atoms with E-state index in [9.17, 15) is 0 Å². The summed E-state index contributed by atoms with van der Waals surface area (Å²) in [6.45, 7) is 13.7. The van der Waals surface area contributed by atoms with Crippen molar-refractivity contribution in [3.05, 3.63) is 96.6 Å². The predicted molar refractivity (Wildman–Crippen MR) is 124 cm³/mol. The minimum absolute atomic E-state index is 0.892. The molecule has 0 bridgehead atoms. The van der Waals surface area contributed by atoms with Gasteiger partial charge in [-0.05, 0) is 42.3 Å². The van der Waals surface area contributed by atoms with Crippen LogP contribution in [0.15, 0.2) is 101 Å². The number of hydrogen-bond acceptors (Lipinski definition) is 2. The van der Waals surface area contributed by atoms with Gasteiger partial charge in [0, 0.05) is 12.4 Å². The second-order valence-corrected chi connectivity index (χ2v) is 4.85. The Balaban J connectivity index is 0.00000158. The van der Waals surface area contributed by atoms with Gasteiger partial charge in [0.25, 0.3) is 0 Å². The Morgan fingerprint density at radius 2 is 1.37 bits per heavy atom. The summed E-state index contributed by atoms with van der Waals surface area (Å²) in [4.78, 5) is 8.92. The highest BCUT2D eigenvalue weighted by Gasteiger charge is 1.92. The fourth-order valence-corrected chi connectivity index (χ4v) is 1.93. The molecule has 0 saturated carbocycles. The van der Waals surface area contributed by atoms with Crippen LogP contribution in [0, 0.1) is 0 Å². The molecule has 0 aliphatic heterocycles. The van der Waals surface area contributed by atoms with Crippen molar-refractivity contribution in [3.8, 4) is 0 Å². The van der Waals surface area contributed by atoms with Crippen LogP contribution in [-0.4, -0.2) is 12.4 Å². The van der Waals surface area contributed by atoms with Gasteiger partial charge in [-0.25, -0.2) is 0 Å². The number of aliphatic imine (C=N–C) groups is 2. The molecule has 2 heteroatoms. The van der Waals surface area contributed by atoms with Gasteiger partial charge >= 0.3 is 0 Å². The van der Waals surface area contributed by atoms with Crippen molar-refractivity contribution in [1.29, 1.82) is 0 Å². The van der Waals surface area contributed by atoms with E-state index in [0.29, 0.717) is 0 Å². The molecule has 0 heterocycles. The van der Waals surface area contributed by atoms with E-state index in [2.05, 4.69) is 16.6 Å². The van der Waals surface area contributed by atoms with E-state index in [1.807, 2.05) is 120 Å². The number of allylic oxidation sites excluding steroid dienone is 5. The third kappa shape index (κ3) is 10.6. The number of hydrogen-bond donors (Lipinski definition) is 0. The summed E-state index contributed by atoms with van der Waals surface area (Å²) in [5.41, 5.74) is 3.89. The van der Waals surface area contributed by atoms with Gasteiger partial charge < -0.3 is 0 Å². The first-order chi connectivity index (χ1) is 13.3. The highest BCUT2D eigenvalue weighted by Crippen LogP contribution is 2.18. The summed E-state index contributed by atoms with van der Waals surface area (Å²) in [5.74, 6) is 0. The van der Waals surface area contributed by atoms with Gasteiger partial charge in [0.15, 0.2) is 0 Å². The predicted octanol–water partition coefficient (Wildman–Crippen LogP) is 7.88. The Hall–Kier alpha value is -3.00. The maximum absolute atomic E-state index is 4.46. The molecule has 2 nitrogen and oxygen atoms in total. The zero-order valence-corrected chi connectivity index (χ0v) is 17.3. The van der Waals surface area contributed by atoms with Crippen LogP contribution in [0.2, 0.25) is 0 Å². The molecule has 0 spiro atoms. The van der Waals surface area contributed by atoms with Gasteiger partial charge in [0.1, 0.15) is 0 Å². The molecule has 27 heavy (non-hydrogen) atoms. The van der Waals surface area contributed by atoms with Crippen molar-refractivity contribution < 1.29 is 0 Å². The van der Waals surface area contributed by atoms with Crippen LogP contribution >= 0.6 is 0 Å². The Kier molecular flexibility index (Phi) is 14.6. The van der Waals surface area contributed by atoms with Gasteiger partial charge in [0.2, 0.25) is 0 Å². The minimum Gasteiger partial charge on any atom is -0.256 e. The molecule has 2 aromatic carbocycles. The first kappa shape index (κ1) is 24.0. The highest BCUT2D eigenvalue weighted by atomic mass is 14.7. The molecule has 0 atom stereocenters. The largest absolute Gasteiger partial charge is 0.256 e. The van der Waals surface area contributed by atoms with E-state index in [-0.39, 0.29) is 0 Å². The first-order valence-corrected chi connectivity index (χ1v) is 9.50. The van der Waals surface area contributed by atoms with E-state index in [0.717, 1.165) is 22.5 Å². The molecule has 0 unspecified atom stereocenters. The molecule has 0 saturated heterocycles. The van der Waals surface area contributed by atoms with Gasteiger partial charge in [-0.2, -0.15) is 0 Å². The Bertz CT molecular complexity index is 734. The maximum Gasteiger partial charge on any atom is 0.0631 e. The summed E-state index contributed by atoms with van der Waals surface area (Å²) in [6, 6.07) is 17.9. The van der Waals surface area contributed by atoms with Crippen molar-refractivity contribution in [3.63, 3.8) is 0 Å². The van der Waals surface area contributed by atoms with E-state index in [1.165, 1.54) is 0 Å². The van der Waals surface area contributed by atoms with Gasteiger partial charge in [-0.1, -0.05) is 88.9 Å². The van der Waals surface area contributed by atoms with Crippen LogP contribution in [0.25, 0.3) is 0 Å². The van der Waals surface area contributed by atoms with Crippen molar-refractivity contribution in [2.45, 2.75) is 34.6 Å². The van der Waals surface area contributed by atoms with Crippen LogP contribution in [0.1, 0.15) is 40.2 Å². The Labute approximate surface area is 165 Å². The normalized spacial score (nSPS) is 11.1. The van der Waals surface area contributed by atoms with E-state index in [4.69, 9.17) is 0 Å². The molecule has 0 aliphatic carbocycles. The van der Waals surface area contributed by atoms with Crippen LogP contribution in [-0.2, 0) is 0 Å². The summed E-state index contributed by atoms with van der Waals surface area (Å²) in [5, 5.41) is 0. The Morgan fingerprint density at radius 1 is 0.815 bits per heavy atom. The molecule has 0 aromatic heterocycles.